The van der Waals surface area contributed by atoms with E-state index in [-0.39, 0.29) is 16.8 Å². The third kappa shape index (κ3) is 5.71. The lowest BCUT2D eigenvalue weighted by Crippen LogP contribution is -2.12. The largest absolute Gasteiger partial charge is 0.857 e. The molecule has 0 radical (unpaired) electrons. The van der Waals surface area contributed by atoms with Gasteiger partial charge in [-0.2, -0.15) is 7.11 Å². The van der Waals surface area contributed by atoms with E-state index in [4.69, 9.17) is 9.84 Å². The van der Waals surface area contributed by atoms with Crippen molar-refractivity contribution < 1.29 is 14.6 Å². The number of carbonyl (C=O) groups is 1. The maximum absolute atomic E-state index is 12.9. The van der Waals surface area contributed by atoms with Crippen LogP contribution in [0.25, 0.3) is 10.2 Å². The van der Waals surface area contributed by atoms with Crippen molar-refractivity contribution in [3.8, 4) is 5.75 Å². The molecule has 176 valence electrons. The lowest BCUT2D eigenvalue weighted by molar-refractivity contribution is -0.325. The van der Waals surface area contributed by atoms with Gasteiger partial charge in [-0.05, 0) is 66.7 Å². The second-order valence-electron chi connectivity index (χ2n) is 7.26. The van der Waals surface area contributed by atoms with Gasteiger partial charge in [0.2, 0.25) is 0 Å². The SMILES string of the molecule is COc1ccc2nc(NC(=O)c3ccc([S+](c4ccccc4)c4ccccc4)cc3)sc2c1.C[O-]. The highest BCUT2D eigenvalue weighted by Crippen LogP contribution is 2.32. The molecular weight excluding hydrogens is 476 g/mol. The normalized spacial score (nSPS) is 10.5. The van der Waals surface area contributed by atoms with Crippen LogP contribution in [0.5, 0.6) is 5.75 Å². The standard InChI is InChI=1S/C27H20N2O2S2.CH3O/c1-31-20-14-17-24-25(18-20)32-27(28-24)29-26(30)19-12-15-23(16-13-19)33(21-8-4-2-5-9-21)22-10-6-3-7-11-22;1-2/h2-18H,1H3;1H3/q;-1/p+1. The number of methoxy groups -OCH3 is 1. The Balaban J connectivity index is 0.00000141. The zero-order valence-corrected chi connectivity index (χ0v) is 20.9. The fourth-order valence-corrected chi connectivity index (χ4v) is 6.49. The molecule has 5 nitrogen and oxygen atoms in total. The summed E-state index contributed by atoms with van der Waals surface area (Å²) in [5.74, 6) is 0.596. The smallest absolute Gasteiger partial charge is 0.257 e. The molecule has 7 heteroatoms. The summed E-state index contributed by atoms with van der Waals surface area (Å²) in [6.07, 6.45) is 0. The number of amides is 1. The minimum atomic E-state index is -0.242. The molecule has 1 heterocycles. The van der Waals surface area contributed by atoms with E-state index < -0.39 is 0 Å². The Morgan fingerprint density at radius 2 is 1.40 bits per heavy atom. The highest BCUT2D eigenvalue weighted by molar-refractivity contribution is 7.97. The summed E-state index contributed by atoms with van der Waals surface area (Å²) in [5, 5.41) is 11.7. The number of ether oxygens (including phenoxy) is 1. The molecule has 0 atom stereocenters. The molecule has 4 aromatic carbocycles. The summed E-state index contributed by atoms with van der Waals surface area (Å²) in [5.41, 5.74) is 1.43. The number of carbonyl (C=O) groups excluding carboxylic acids is 1. The van der Waals surface area contributed by atoms with Gasteiger partial charge in [-0.3, -0.25) is 10.1 Å². The number of fused-ring (bicyclic) bond motifs is 1. The molecule has 0 unspecified atom stereocenters. The number of hydrogen-bond acceptors (Lipinski definition) is 5. The Labute approximate surface area is 211 Å². The van der Waals surface area contributed by atoms with Crippen LogP contribution in [0.4, 0.5) is 5.13 Å². The van der Waals surface area contributed by atoms with E-state index in [1.165, 1.54) is 21.1 Å². The lowest BCUT2D eigenvalue weighted by atomic mass is 10.2. The average Bonchev–Trinajstić information content (AvgIpc) is 3.33. The Kier molecular flexibility index (Phi) is 8.15. The van der Waals surface area contributed by atoms with Crippen LogP contribution >= 0.6 is 11.3 Å². The number of nitrogens with zero attached hydrogens (tertiary/aromatic N) is 1. The first-order chi connectivity index (χ1) is 17.2. The van der Waals surface area contributed by atoms with Crippen molar-refractivity contribution in [2.45, 2.75) is 14.7 Å². The van der Waals surface area contributed by atoms with E-state index in [1.807, 2.05) is 54.6 Å². The summed E-state index contributed by atoms with van der Waals surface area (Å²) in [6, 6.07) is 34.4. The monoisotopic (exact) mass is 500 g/mol. The van der Waals surface area contributed by atoms with Crippen LogP contribution in [0.3, 0.4) is 0 Å². The summed E-state index contributed by atoms with van der Waals surface area (Å²) >= 11 is 1.43. The Bertz CT molecular complexity index is 1350. The summed E-state index contributed by atoms with van der Waals surface area (Å²) in [6.45, 7) is 0. The van der Waals surface area contributed by atoms with Crippen molar-refractivity contribution in [1.82, 2.24) is 4.98 Å². The van der Waals surface area contributed by atoms with Gasteiger partial charge in [0.1, 0.15) is 5.75 Å². The lowest BCUT2D eigenvalue weighted by Gasteiger charge is -2.08. The topological polar surface area (TPSA) is 74.3 Å². The van der Waals surface area contributed by atoms with Crippen LogP contribution in [0, 0.1) is 0 Å². The molecule has 0 bridgehead atoms. The zero-order valence-electron chi connectivity index (χ0n) is 19.3. The third-order valence-electron chi connectivity index (χ3n) is 5.13. The van der Waals surface area contributed by atoms with Crippen LogP contribution in [-0.4, -0.2) is 25.1 Å². The van der Waals surface area contributed by atoms with E-state index >= 15 is 0 Å². The molecule has 35 heavy (non-hydrogen) atoms. The van der Waals surface area contributed by atoms with Crippen molar-refractivity contribution in [1.29, 1.82) is 0 Å². The predicted octanol–water partition coefficient (Wildman–Crippen LogP) is 5.63. The van der Waals surface area contributed by atoms with Crippen molar-refractivity contribution in [2.75, 3.05) is 19.5 Å². The first kappa shape index (κ1) is 24.5. The number of thiazole rings is 1. The second-order valence-corrected chi connectivity index (χ2v) is 10.3. The minimum Gasteiger partial charge on any atom is -0.857 e. The molecule has 1 amide bonds. The Morgan fingerprint density at radius 3 is 1.97 bits per heavy atom. The van der Waals surface area contributed by atoms with Gasteiger partial charge in [0.15, 0.2) is 19.8 Å². The second kappa shape index (κ2) is 11.7. The van der Waals surface area contributed by atoms with Gasteiger partial charge in [0, 0.05) is 5.56 Å². The number of hydrogen-bond donors (Lipinski definition) is 1. The summed E-state index contributed by atoms with van der Waals surface area (Å²) < 4.78 is 6.24. The van der Waals surface area contributed by atoms with Crippen LogP contribution in [-0.2, 0) is 10.9 Å². The number of anilines is 1. The van der Waals surface area contributed by atoms with Crippen molar-refractivity contribution in [2.24, 2.45) is 0 Å². The van der Waals surface area contributed by atoms with Crippen molar-refractivity contribution in [3.63, 3.8) is 0 Å². The molecule has 0 fully saturated rings. The molecule has 0 aliphatic rings. The number of nitrogens with one attached hydrogen (secondary N) is 1. The maximum atomic E-state index is 12.9. The summed E-state index contributed by atoms with van der Waals surface area (Å²) in [7, 11) is 2.14. The van der Waals surface area contributed by atoms with Crippen LogP contribution in [0.2, 0.25) is 0 Å². The van der Waals surface area contributed by atoms with E-state index in [9.17, 15) is 4.79 Å². The number of aromatic nitrogens is 1. The van der Waals surface area contributed by atoms with E-state index in [2.05, 4.69) is 58.8 Å². The molecular formula is C28H24N2O3S2. The molecule has 1 N–H and O–H groups in total. The zero-order chi connectivity index (χ0) is 24.6. The summed E-state index contributed by atoms with van der Waals surface area (Å²) in [4.78, 5) is 21.0. The van der Waals surface area contributed by atoms with Crippen molar-refractivity contribution >= 4 is 43.5 Å². The average molecular weight is 501 g/mol. The van der Waals surface area contributed by atoms with Gasteiger partial charge in [-0.25, -0.2) is 4.98 Å². The third-order valence-corrected chi connectivity index (χ3v) is 8.29. The van der Waals surface area contributed by atoms with E-state index in [0.717, 1.165) is 28.0 Å². The molecule has 0 spiro atoms. The first-order valence-electron chi connectivity index (χ1n) is 10.8. The fraction of sp³-hybridized carbons (Fsp3) is 0.0714. The van der Waals surface area contributed by atoms with Gasteiger partial charge < -0.3 is 9.84 Å². The maximum Gasteiger partial charge on any atom is 0.257 e. The molecule has 0 saturated heterocycles. The number of rotatable bonds is 6. The molecule has 0 aliphatic heterocycles. The molecule has 5 rings (SSSR count). The first-order valence-corrected chi connectivity index (χ1v) is 12.9. The van der Waals surface area contributed by atoms with E-state index in [0.29, 0.717) is 10.7 Å². The fourth-order valence-electron chi connectivity index (χ4n) is 3.52. The highest BCUT2D eigenvalue weighted by Gasteiger charge is 2.28. The van der Waals surface area contributed by atoms with E-state index in [1.54, 1.807) is 7.11 Å². The quantitative estimate of drug-likeness (QED) is 0.307. The van der Waals surface area contributed by atoms with Gasteiger partial charge in [-0.15, -0.1) is 0 Å². The van der Waals surface area contributed by atoms with Gasteiger partial charge >= 0.3 is 0 Å². The Morgan fingerprint density at radius 1 is 0.829 bits per heavy atom. The molecule has 0 aliphatic carbocycles. The van der Waals surface area contributed by atoms with Crippen LogP contribution in [0.15, 0.2) is 118 Å². The van der Waals surface area contributed by atoms with Crippen LogP contribution < -0.4 is 15.2 Å². The Hall–Kier alpha value is -3.65. The van der Waals surface area contributed by atoms with Gasteiger partial charge in [-0.1, -0.05) is 47.7 Å². The predicted molar refractivity (Wildman–Crippen MR) is 142 cm³/mol. The van der Waals surface area contributed by atoms with Gasteiger partial charge in [0.25, 0.3) is 5.91 Å². The molecule has 5 aromatic rings. The van der Waals surface area contributed by atoms with Gasteiger partial charge in [0.05, 0.1) is 28.2 Å². The minimum absolute atomic E-state index is 0.174. The number of benzene rings is 4. The molecule has 0 saturated carbocycles. The van der Waals surface area contributed by atoms with Crippen molar-refractivity contribution in [3.05, 3.63) is 109 Å². The molecule has 1 aromatic heterocycles. The van der Waals surface area contributed by atoms with Crippen LogP contribution in [0.1, 0.15) is 10.4 Å². The highest BCUT2D eigenvalue weighted by atomic mass is 32.2.